The van der Waals surface area contributed by atoms with Crippen molar-refractivity contribution < 1.29 is 4.74 Å². The molecule has 3 heterocycles. The number of aromatic nitrogens is 3. The topological polar surface area (TPSA) is 101 Å². The fourth-order valence-electron chi connectivity index (χ4n) is 3.15. The summed E-state index contributed by atoms with van der Waals surface area (Å²) in [5, 5.41) is 8.72. The molecule has 4 rings (SSSR count). The van der Waals surface area contributed by atoms with E-state index in [1.807, 2.05) is 31.2 Å². The van der Waals surface area contributed by atoms with Crippen molar-refractivity contribution in [2.75, 3.05) is 36.9 Å². The number of nitrogen functional groups attached to an aromatic ring is 1. The van der Waals surface area contributed by atoms with Gasteiger partial charge in [0.05, 0.1) is 18.9 Å². The molecule has 0 atom stereocenters. The van der Waals surface area contributed by atoms with Gasteiger partial charge in [-0.25, -0.2) is 15.0 Å². The molecular weight excluding hydrogens is 352 g/mol. The molecule has 0 unspecified atom stereocenters. The number of hydrogen-bond acceptors (Lipinski definition) is 7. The Labute approximate surface area is 163 Å². The third-order valence-corrected chi connectivity index (χ3v) is 4.73. The van der Waals surface area contributed by atoms with Crippen LogP contribution in [0.1, 0.15) is 16.7 Å². The average Bonchev–Trinajstić information content (AvgIpc) is 2.75. The number of nitrogens with two attached hydrogens (primary N) is 1. The van der Waals surface area contributed by atoms with Gasteiger partial charge in [0.1, 0.15) is 5.82 Å². The Balaban J connectivity index is 1.66. The van der Waals surface area contributed by atoms with Crippen molar-refractivity contribution in [2.24, 2.45) is 0 Å². The van der Waals surface area contributed by atoms with Gasteiger partial charge in [0.25, 0.3) is 0 Å². The van der Waals surface area contributed by atoms with Gasteiger partial charge in [0, 0.05) is 54.1 Å². The highest BCUT2D eigenvalue weighted by Crippen LogP contribution is 2.24. The maximum Gasteiger partial charge on any atom is 0.159 e. The quantitative estimate of drug-likeness (QED) is 0.538. The van der Waals surface area contributed by atoms with Gasteiger partial charge < -0.3 is 15.4 Å². The van der Waals surface area contributed by atoms with Gasteiger partial charge in [-0.1, -0.05) is 0 Å². The fraction of sp³-hybridized carbons (Fsp3) is 0.238. The summed E-state index contributed by atoms with van der Waals surface area (Å²) in [6.45, 7) is 4.92. The first kappa shape index (κ1) is 18.1. The van der Waals surface area contributed by atoms with E-state index >= 15 is 0 Å². The fourth-order valence-corrected chi connectivity index (χ4v) is 3.15. The van der Waals surface area contributed by atoms with Crippen LogP contribution >= 0.6 is 0 Å². The van der Waals surface area contributed by atoms with Crippen LogP contribution in [0.2, 0.25) is 0 Å². The van der Waals surface area contributed by atoms with Gasteiger partial charge >= 0.3 is 0 Å². The summed E-state index contributed by atoms with van der Waals surface area (Å²) in [4.78, 5) is 15.4. The van der Waals surface area contributed by atoms with E-state index in [1.54, 1.807) is 24.7 Å². The number of aryl methyl sites for hydroxylation is 1. The average molecular weight is 374 g/mol. The highest BCUT2D eigenvalue weighted by molar-refractivity contribution is 6.14. The zero-order valence-corrected chi connectivity index (χ0v) is 15.7. The molecule has 142 valence electrons. The van der Waals surface area contributed by atoms with Crippen molar-refractivity contribution in [1.29, 1.82) is 5.41 Å². The number of hydrogen-bond donors (Lipinski definition) is 2. The molecule has 0 radical (unpaired) electrons. The molecule has 1 saturated heterocycles. The predicted octanol–water partition coefficient (Wildman–Crippen LogP) is 2.68. The first-order valence-electron chi connectivity index (χ1n) is 9.18. The highest BCUT2D eigenvalue weighted by Gasteiger charge is 2.16. The molecule has 1 aromatic carbocycles. The maximum absolute atomic E-state index is 8.72. The third-order valence-electron chi connectivity index (χ3n) is 4.73. The van der Waals surface area contributed by atoms with Crippen LogP contribution < -0.4 is 10.6 Å². The minimum absolute atomic E-state index is 0.350. The lowest BCUT2D eigenvalue weighted by Gasteiger charge is -2.28. The molecular formula is C21H22N6O. The Morgan fingerprint density at radius 1 is 1.07 bits per heavy atom. The summed E-state index contributed by atoms with van der Waals surface area (Å²) in [5.74, 6) is 1.46. The zero-order valence-electron chi connectivity index (χ0n) is 15.7. The molecule has 3 aromatic rings. The summed E-state index contributed by atoms with van der Waals surface area (Å²) in [7, 11) is 0. The van der Waals surface area contributed by atoms with Crippen LogP contribution in [0.3, 0.4) is 0 Å². The number of nitrogens with one attached hydrogen (secondary N) is 1. The first-order valence-corrected chi connectivity index (χ1v) is 9.18. The molecule has 0 saturated carbocycles. The minimum atomic E-state index is 0.350. The van der Waals surface area contributed by atoms with Crippen LogP contribution in [0.5, 0.6) is 0 Å². The van der Waals surface area contributed by atoms with Gasteiger partial charge in [-0.2, -0.15) is 0 Å². The standard InChI is InChI=1S/C21H22N6O/c1-14-12-25-21(26-13-14)16-2-3-18(22)17(10-16)20(23)15-4-5-24-19(11-15)27-6-8-28-9-7-27/h2-5,10-13,23H,6-9,22H2,1H3. The number of anilines is 2. The SMILES string of the molecule is Cc1cnc(-c2ccc(N)c(C(=N)c3ccnc(N4CCOCC4)c3)c2)nc1. The summed E-state index contributed by atoms with van der Waals surface area (Å²) in [5.41, 5.74) is 10.3. The molecule has 1 aliphatic heterocycles. The van der Waals surface area contributed by atoms with Gasteiger partial charge in [-0.15, -0.1) is 0 Å². The van der Waals surface area contributed by atoms with Crippen molar-refractivity contribution in [1.82, 2.24) is 15.0 Å². The summed E-state index contributed by atoms with van der Waals surface area (Å²) in [6, 6.07) is 9.31. The van der Waals surface area contributed by atoms with E-state index < -0.39 is 0 Å². The second-order valence-electron chi connectivity index (χ2n) is 6.76. The minimum Gasteiger partial charge on any atom is -0.398 e. The molecule has 2 aromatic heterocycles. The van der Waals surface area contributed by atoms with Crippen LogP contribution in [-0.4, -0.2) is 47.0 Å². The van der Waals surface area contributed by atoms with E-state index in [4.69, 9.17) is 15.9 Å². The molecule has 0 spiro atoms. The second kappa shape index (κ2) is 7.74. The Bertz CT molecular complexity index is 996. The number of nitrogens with zero attached hydrogens (tertiary/aromatic N) is 4. The monoisotopic (exact) mass is 374 g/mol. The lowest BCUT2D eigenvalue weighted by molar-refractivity contribution is 0.122. The van der Waals surface area contributed by atoms with E-state index in [9.17, 15) is 0 Å². The zero-order chi connectivity index (χ0) is 19.5. The van der Waals surface area contributed by atoms with Gasteiger partial charge in [0.15, 0.2) is 5.82 Å². The van der Waals surface area contributed by atoms with Crippen molar-refractivity contribution >= 4 is 17.2 Å². The van der Waals surface area contributed by atoms with Crippen molar-refractivity contribution in [3.63, 3.8) is 0 Å². The number of ether oxygens (including phenoxy) is 1. The van der Waals surface area contributed by atoms with E-state index in [0.29, 0.717) is 36.0 Å². The van der Waals surface area contributed by atoms with Gasteiger partial charge in [0.2, 0.25) is 0 Å². The third kappa shape index (κ3) is 3.70. The molecule has 7 nitrogen and oxygen atoms in total. The Hall–Kier alpha value is -3.32. The predicted molar refractivity (Wildman–Crippen MR) is 110 cm³/mol. The van der Waals surface area contributed by atoms with E-state index in [0.717, 1.165) is 35.6 Å². The molecule has 3 N–H and O–H groups in total. The van der Waals surface area contributed by atoms with Crippen molar-refractivity contribution in [3.05, 3.63) is 65.6 Å². The lowest BCUT2D eigenvalue weighted by atomic mass is 9.99. The largest absolute Gasteiger partial charge is 0.398 e. The number of morpholine rings is 1. The Morgan fingerprint density at radius 2 is 1.82 bits per heavy atom. The van der Waals surface area contributed by atoms with Crippen LogP contribution in [-0.2, 0) is 4.74 Å². The summed E-state index contributed by atoms with van der Waals surface area (Å²) in [6.07, 6.45) is 5.29. The number of rotatable bonds is 4. The normalized spacial score (nSPS) is 14.1. The Morgan fingerprint density at radius 3 is 2.57 bits per heavy atom. The van der Waals surface area contributed by atoms with Crippen molar-refractivity contribution in [2.45, 2.75) is 6.92 Å². The molecule has 1 aliphatic rings. The van der Waals surface area contributed by atoms with E-state index in [1.165, 1.54) is 0 Å². The van der Waals surface area contributed by atoms with Crippen LogP contribution in [0, 0.1) is 12.3 Å². The molecule has 28 heavy (non-hydrogen) atoms. The van der Waals surface area contributed by atoms with Gasteiger partial charge in [-0.05, 0) is 42.8 Å². The molecule has 7 heteroatoms. The molecule has 0 amide bonds. The van der Waals surface area contributed by atoms with Crippen LogP contribution in [0.15, 0.2) is 48.9 Å². The number of benzene rings is 1. The second-order valence-corrected chi connectivity index (χ2v) is 6.76. The highest BCUT2D eigenvalue weighted by atomic mass is 16.5. The maximum atomic E-state index is 8.72. The lowest BCUT2D eigenvalue weighted by Crippen LogP contribution is -2.36. The molecule has 0 aliphatic carbocycles. The van der Waals surface area contributed by atoms with Crippen LogP contribution in [0.4, 0.5) is 11.5 Å². The molecule has 0 bridgehead atoms. The first-order chi connectivity index (χ1) is 13.6. The number of pyridine rings is 1. The smallest absolute Gasteiger partial charge is 0.159 e. The summed E-state index contributed by atoms with van der Waals surface area (Å²) >= 11 is 0. The van der Waals surface area contributed by atoms with E-state index in [-0.39, 0.29) is 0 Å². The van der Waals surface area contributed by atoms with Crippen molar-refractivity contribution in [3.8, 4) is 11.4 Å². The molecule has 1 fully saturated rings. The summed E-state index contributed by atoms with van der Waals surface area (Å²) < 4.78 is 5.41. The Kier molecular flexibility index (Phi) is 4.99. The van der Waals surface area contributed by atoms with Crippen LogP contribution in [0.25, 0.3) is 11.4 Å². The van der Waals surface area contributed by atoms with E-state index in [2.05, 4.69) is 19.9 Å². The van der Waals surface area contributed by atoms with Gasteiger partial charge in [-0.3, -0.25) is 5.41 Å².